The Hall–Kier alpha value is -2.26. The summed E-state index contributed by atoms with van der Waals surface area (Å²) in [4.78, 5) is 4.57. The number of halogens is 1. The van der Waals surface area contributed by atoms with Crippen LogP contribution in [0.1, 0.15) is 31.2 Å². The van der Waals surface area contributed by atoms with Gasteiger partial charge in [0.25, 0.3) is 0 Å². The van der Waals surface area contributed by atoms with Crippen molar-refractivity contribution >= 4 is 33.6 Å². The van der Waals surface area contributed by atoms with Gasteiger partial charge in [-0.2, -0.15) is 0 Å². The summed E-state index contributed by atoms with van der Waals surface area (Å²) in [6, 6.07) is 13.9. The van der Waals surface area contributed by atoms with Crippen molar-refractivity contribution in [3.63, 3.8) is 0 Å². The zero-order chi connectivity index (χ0) is 16.0. The number of para-hydroxylation sites is 2. The van der Waals surface area contributed by atoms with Gasteiger partial charge >= 0.3 is 0 Å². The van der Waals surface area contributed by atoms with Crippen LogP contribution in [0.25, 0.3) is 22.0 Å². The Bertz CT molecular complexity index is 964. The highest BCUT2D eigenvalue weighted by molar-refractivity contribution is 6.31. The molecule has 0 aliphatic rings. The van der Waals surface area contributed by atoms with Crippen LogP contribution in [0.3, 0.4) is 0 Å². The van der Waals surface area contributed by atoms with Gasteiger partial charge in [0.15, 0.2) is 5.58 Å². The molecule has 0 atom stereocenters. The summed E-state index contributed by atoms with van der Waals surface area (Å²) in [5, 5.41) is 1.96. The van der Waals surface area contributed by atoms with Crippen LogP contribution in [-0.4, -0.2) is 9.55 Å². The number of fused-ring (bicyclic) bond motifs is 2. The Morgan fingerprint density at radius 1 is 1.17 bits per heavy atom. The third-order valence-corrected chi connectivity index (χ3v) is 4.37. The maximum absolute atomic E-state index is 6.18. The van der Waals surface area contributed by atoms with Crippen LogP contribution in [0.4, 0.5) is 0 Å². The van der Waals surface area contributed by atoms with Crippen molar-refractivity contribution in [1.29, 1.82) is 0 Å². The second-order valence-corrected chi connectivity index (χ2v) is 6.54. The molecule has 0 saturated heterocycles. The highest BCUT2D eigenvalue weighted by atomic mass is 35.5. The average Bonchev–Trinajstić information content (AvgIpc) is 3.08. The molecular weight excluding hydrogens is 308 g/mol. The first-order valence-electron chi connectivity index (χ1n) is 7.74. The smallest absolute Gasteiger partial charge is 0.215 e. The lowest BCUT2D eigenvalue weighted by atomic mass is 10.0. The molecule has 4 rings (SSSR count). The molecule has 3 nitrogen and oxygen atoms in total. The van der Waals surface area contributed by atoms with Crippen LogP contribution in [0.15, 0.2) is 53.1 Å². The fourth-order valence-electron chi connectivity index (χ4n) is 3.02. The monoisotopic (exact) mass is 324 g/mol. The van der Waals surface area contributed by atoms with Crippen molar-refractivity contribution in [1.82, 2.24) is 9.55 Å². The van der Waals surface area contributed by atoms with Gasteiger partial charge in [0.05, 0.1) is 6.54 Å². The largest absolute Gasteiger partial charge is 0.439 e. The van der Waals surface area contributed by atoms with Gasteiger partial charge in [0.1, 0.15) is 5.52 Å². The summed E-state index contributed by atoms with van der Waals surface area (Å²) in [6.07, 6.45) is 2.18. The van der Waals surface area contributed by atoms with Gasteiger partial charge in [-0.3, -0.25) is 0 Å². The average molecular weight is 325 g/mol. The Balaban J connectivity index is 1.82. The molecule has 0 spiro atoms. The Labute approximate surface area is 139 Å². The molecular formula is C19H17ClN2O. The van der Waals surface area contributed by atoms with Crippen molar-refractivity contribution in [2.24, 2.45) is 0 Å². The van der Waals surface area contributed by atoms with Crippen molar-refractivity contribution in [3.8, 4) is 0 Å². The van der Waals surface area contributed by atoms with Crippen LogP contribution in [0, 0.1) is 0 Å². The van der Waals surface area contributed by atoms with Crippen LogP contribution >= 0.6 is 11.6 Å². The number of hydrogen-bond acceptors (Lipinski definition) is 2. The molecule has 23 heavy (non-hydrogen) atoms. The topological polar surface area (TPSA) is 31.0 Å². The molecule has 0 bridgehead atoms. The maximum atomic E-state index is 6.18. The molecule has 0 saturated carbocycles. The predicted octanol–water partition coefficient (Wildman–Crippen LogP) is 5.61. The standard InChI is InChI=1S/C19H17ClN2O/c1-12(2)15-10-22(17-8-7-13(20)9-14(15)17)11-19-21-16-5-3-4-6-18(16)23-19/h3-10,12H,11H2,1-2H3. The summed E-state index contributed by atoms with van der Waals surface area (Å²) >= 11 is 6.18. The van der Waals surface area contributed by atoms with Crippen molar-refractivity contribution in [3.05, 3.63) is 65.1 Å². The highest BCUT2D eigenvalue weighted by Gasteiger charge is 2.14. The number of nitrogens with zero attached hydrogens (tertiary/aromatic N) is 2. The lowest BCUT2D eigenvalue weighted by Gasteiger charge is -2.02. The van der Waals surface area contributed by atoms with E-state index in [-0.39, 0.29) is 0 Å². The molecule has 0 unspecified atom stereocenters. The fraction of sp³-hybridized carbons (Fsp3) is 0.211. The van der Waals surface area contributed by atoms with E-state index in [9.17, 15) is 0 Å². The third-order valence-electron chi connectivity index (χ3n) is 4.14. The van der Waals surface area contributed by atoms with Gasteiger partial charge in [-0.05, 0) is 41.8 Å². The van der Waals surface area contributed by atoms with Crippen molar-refractivity contribution in [2.45, 2.75) is 26.3 Å². The highest BCUT2D eigenvalue weighted by Crippen LogP contribution is 2.30. The van der Waals surface area contributed by atoms with E-state index < -0.39 is 0 Å². The van der Waals surface area contributed by atoms with Gasteiger partial charge in [-0.15, -0.1) is 0 Å². The molecule has 4 heteroatoms. The molecule has 4 aromatic rings. The molecule has 0 N–H and O–H groups in total. The van der Waals surface area contributed by atoms with E-state index in [0.717, 1.165) is 21.6 Å². The normalized spacial score (nSPS) is 11.8. The lowest BCUT2D eigenvalue weighted by molar-refractivity contribution is 0.513. The first-order valence-corrected chi connectivity index (χ1v) is 8.12. The fourth-order valence-corrected chi connectivity index (χ4v) is 3.19. The molecule has 116 valence electrons. The number of rotatable bonds is 3. The maximum Gasteiger partial charge on any atom is 0.215 e. The molecule has 0 fully saturated rings. The van der Waals surface area contributed by atoms with Crippen LogP contribution in [-0.2, 0) is 6.54 Å². The van der Waals surface area contributed by atoms with Crippen LogP contribution in [0.5, 0.6) is 0 Å². The molecule has 0 radical (unpaired) electrons. The van der Waals surface area contributed by atoms with Gasteiger partial charge < -0.3 is 8.98 Å². The van der Waals surface area contributed by atoms with Crippen molar-refractivity contribution in [2.75, 3.05) is 0 Å². The van der Waals surface area contributed by atoms with E-state index in [1.54, 1.807) is 0 Å². The zero-order valence-electron chi connectivity index (χ0n) is 13.1. The Kier molecular flexibility index (Phi) is 3.38. The van der Waals surface area contributed by atoms with Gasteiger partial charge in [-0.25, -0.2) is 4.98 Å². The number of benzene rings is 2. The van der Waals surface area contributed by atoms with E-state index in [1.165, 1.54) is 10.9 Å². The second kappa shape index (κ2) is 5.43. The number of hydrogen-bond donors (Lipinski definition) is 0. The minimum Gasteiger partial charge on any atom is -0.439 e. The molecule has 2 aromatic heterocycles. The van der Waals surface area contributed by atoms with Crippen LogP contribution in [0.2, 0.25) is 5.02 Å². The van der Waals surface area contributed by atoms with Gasteiger partial charge in [-0.1, -0.05) is 37.6 Å². The van der Waals surface area contributed by atoms with E-state index in [2.05, 4.69) is 35.7 Å². The zero-order valence-corrected chi connectivity index (χ0v) is 13.8. The summed E-state index contributed by atoms with van der Waals surface area (Å²) < 4.78 is 8.04. The molecule has 0 amide bonds. The predicted molar refractivity (Wildman–Crippen MR) is 94.1 cm³/mol. The molecule has 0 aliphatic heterocycles. The van der Waals surface area contributed by atoms with Crippen molar-refractivity contribution < 1.29 is 4.42 Å². The van der Waals surface area contributed by atoms with Gasteiger partial charge in [0, 0.05) is 22.1 Å². The molecule has 2 heterocycles. The quantitative estimate of drug-likeness (QED) is 0.490. The Morgan fingerprint density at radius 2 is 2.00 bits per heavy atom. The van der Waals surface area contributed by atoms with Crippen LogP contribution < -0.4 is 0 Å². The SMILES string of the molecule is CC(C)c1cn(Cc2nc3ccccc3o2)c2ccc(Cl)cc12. The molecule has 0 aliphatic carbocycles. The first-order chi connectivity index (χ1) is 11.1. The summed E-state index contributed by atoms with van der Waals surface area (Å²) in [5.74, 6) is 1.15. The third kappa shape index (κ3) is 2.51. The minimum absolute atomic E-state index is 0.431. The molecule has 2 aromatic carbocycles. The van der Waals surface area contributed by atoms with E-state index in [0.29, 0.717) is 18.4 Å². The number of oxazole rings is 1. The van der Waals surface area contributed by atoms with Gasteiger partial charge in [0.2, 0.25) is 5.89 Å². The minimum atomic E-state index is 0.431. The number of aromatic nitrogens is 2. The van der Waals surface area contributed by atoms with E-state index in [1.807, 2.05) is 36.4 Å². The Morgan fingerprint density at radius 3 is 2.78 bits per heavy atom. The lowest BCUT2D eigenvalue weighted by Crippen LogP contribution is -1.98. The summed E-state index contributed by atoms with van der Waals surface area (Å²) in [5.41, 5.74) is 4.16. The summed E-state index contributed by atoms with van der Waals surface area (Å²) in [6.45, 7) is 5.00. The summed E-state index contributed by atoms with van der Waals surface area (Å²) in [7, 11) is 0. The second-order valence-electron chi connectivity index (χ2n) is 6.10. The van der Waals surface area contributed by atoms with E-state index >= 15 is 0 Å². The first kappa shape index (κ1) is 14.3. The van der Waals surface area contributed by atoms with E-state index in [4.69, 9.17) is 16.0 Å².